The normalized spacial score (nSPS) is 14.6. The van der Waals surface area contributed by atoms with Gasteiger partial charge in [-0.3, -0.25) is 0 Å². The first kappa shape index (κ1) is 50.0. The maximum Gasteiger partial charge on any atom is 0.0726 e. The molecule has 0 saturated carbocycles. The van der Waals surface area contributed by atoms with E-state index in [4.69, 9.17) is 0 Å². The molecule has 0 bridgehead atoms. The Morgan fingerprint density at radius 3 is 1.16 bits per heavy atom. The lowest BCUT2D eigenvalue weighted by molar-refractivity contribution is 0.659. The van der Waals surface area contributed by atoms with Crippen LogP contribution in [0.25, 0.3) is 75.8 Å². The van der Waals surface area contributed by atoms with Gasteiger partial charge in [0.1, 0.15) is 0 Å². The van der Waals surface area contributed by atoms with Crippen LogP contribution in [0.3, 0.4) is 0 Å². The Balaban J connectivity index is 0.790. The SMILES string of the molecule is Cc1ccc2c(c1)C(C)(C)c1cc(N(c3ccc(-c4ccc(N(c5ccc6c(c5)C5(c7ccccc7-c7ccccc75)c5ccccc5-6)c5ccc6c(c5)sc5ccccc56)cc4)c(C)c3)c3ccc4c(c3)C(C)(C)c3cc(C)ccc3-4)ccc1-2. The zero-order valence-electron chi connectivity index (χ0n) is 49.0. The zero-order valence-corrected chi connectivity index (χ0v) is 49.8. The molecule has 0 atom stereocenters. The topological polar surface area (TPSA) is 6.48 Å². The lowest BCUT2D eigenvalue weighted by atomic mass is 9.70. The summed E-state index contributed by atoms with van der Waals surface area (Å²) in [4.78, 5) is 4.99. The van der Waals surface area contributed by atoms with E-state index in [0.717, 1.165) is 34.1 Å². The summed E-state index contributed by atoms with van der Waals surface area (Å²) in [5, 5.41) is 2.60. The van der Waals surface area contributed by atoms with Crippen molar-refractivity contribution in [2.45, 2.75) is 64.7 Å². The third-order valence-corrected chi connectivity index (χ3v) is 21.0. The van der Waals surface area contributed by atoms with E-state index in [1.165, 1.54) is 137 Å². The third-order valence-electron chi connectivity index (χ3n) is 19.9. The third kappa shape index (κ3) is 7.05. The van der Waals surface area contributed by atoms with E-state index in [1.54, 1.807) is 0 Å². The van der Waals surface area contributed by atoms with Crippen LogP contribution in [0, 0.1) is 20.8 Å². The van der Waals surface area contributed by atoms with Gasteiger partial charge in [0.25, 0.3) is 0 Å². The molecule has 0 saturated heterocycles. The number of hydrogen-bond acceptors (Lipinski definition) is 3. The summed E-state index contributed by atoms with van der Waals surface area (Å²) in [6, 6.07) is 95.2. The van der Waals surface area contributed by atoms with Crippen LogP contribution in [0.1, 0.15) is 88.9 Å². The van der Waals surface area contributed by atoms with Crippen molar-refractivity contribution in [2.75, 3.05) is 9.80 Å². The van der Waals surface area contributed by atoms with Gasteiger partial charge in [-0.25, -0.2) is 0 Å². The number of aryl methyl sites for hydroxylation is 3. The van der Waals surface area contributed by atoms with Gasteiger partial charge >= 0.3 is 0 Å². The van der Waals surface area contributed by atoms with E-state index in [0.29, 0.717) is 0 Å². The molecule has 1 spiro atoms. The molecule has 85 heavy (non-hydrogen) atoms. The molecule has 0 radical (unpaired) electrons. The Bertz CT molecular complexity index is 4830. The second-order valence-electron chi connectivity index (χ2n) is 25.4. The Morgan fingerprint density at radius 2 is 0.635 bits per heavy atom. The predicted molar refractivity (Wildman–Crippen MR) is 360 cm³/mol. The van der Waals surface area contributed by atoms with Gasteiger partial charge in [0.05, 0.1) is 5.41 Å². The van der Waals surface area contributed by atoms with Crippen LogP contribution in [0.2, 0.25) is 0 Å². The summed E-state index contributed by atoms with van der Waals surface area (Å²) < 4.78 is 2.58. The summed E-state index contributed by atoms with van der Waals surface area (Å²) in [5.74, 6) is 0. The number of hydrogen-bond donors (Lipinski definition) is 0. The number of benzene rings is 12. The molecule has 17 rings (SSSR count). The monoisotopic (exact) mass is 1110 g/mol. The highest BCUT2D eigenvalue weighted by atomic mass is 32.1. The van der Waals surface area contributed by atoms with Crippen LogP contribution in [0.4, 0.5) is 34.1 Å². The van der Waals surface area contributed by atoms with Gasteiger partial charge in [0.2, 0.25) is 0 Å². The average molecular weight is 1110 g/mol. The molecule has 0 fully saturated rings. The molecule has 1 heterocycles. The molecule has 4 aliphatic rings. The highest BCUT2D eigenvalue weighted by Gasteiger charge is 2.52. The molecule has 12 aromatic carbocycles. The van der Waals surface area contributed by atoms with Crippen molar-refractivity contribution in [3.63, 3.8) is 0 Å². The number of fused-ring (bicyclic) bond motifs is 19. The summed E-state index contributed by atoms with van der Waals surface area (Å²) in [5.41, 5.74) is 33.8. The number of anilines is 6. The van der Waals surface area contributed by atoms with Crippen molar-refractivity contribution in [3.05, 3.63) is 310 Å². The molecule has 13 aromatic rings. The highest BCUT2D eigenvalue weighted by Crippen LogP contribution is 2.64. The van der Waals surface area contributed by atoms with Crippen LogP contribution in [-0.4, -0.2) is 0 Å². The number of rotatable bonds is 7. The number of thiophene rings is 1. The van der Waals surface area contributed by atoms with Crippen LogP contribution >= 0.6 is 11.3 Å². The van der Waals surface area contributed by atoms with Gasteiger partial charge < -0.3 is 9.80 Å². The second kappa shape index (κ2) is 18.0. The lowest BCUT2D eigenvalue weighted by Gasteiger charge is -2.32. The second-order valence-corrected chi connectivity index (χ2v) is 26.5. The highest BCUT2D eigenvalue weighted by molar-refractivity contribution is 7.25. The van der Waals surface area contributed by atoms with E-state index in [1.807, 2.05) is 11.3 Å². The maximum atomic E-state index is 2.51. The molecule has 3 heteroatoms. The van der Waals surface area contributed by atoms with Crippen molar-refractivity contribution in [1.82, 2.24) is 0 Å². The fourth-order valence-corrected chi connectivity index (χ4v) is 17.0. The molecule has 0 amide bonds. The minimum absolute atomic E-state index is 0.145. The van der Waals surface area contributed by atoms with Crippen LogP contribution in [0.15, 0.2) is 249 Å². The summed E-state index contributed by atoms with van der Waals surface area (Å²) >= 11 is 1.87. The molecule has 0 unspecified atom stereocenters. The summed E-state index contributed by atoms with van der Waals surface area (Å²) in [6.07, 6.45) is 0. The Hall–Kier alpha value is -9.54. The van der Waals surface area contributed by atoms with E-state index >= 15 is 0 Å². The van der Waals surface area contributed by atoms with Crippen molar-refractivity contribution < 1.29 is 0 Å². The van der Waals surface area contributed by atoms with Gasteiger partial charge in [-0.1, -0.05) is 209 Å². The minimum atomic E-state index is -0.455. The quantitative estimate of drug-likeness (QED) is 0.157. The molecule has 4 aliphatic carbocycles. The summed E-state index contributed by atoms with van der Waals surface area (Å²) in [7, 11) is 0. The molecule has 0 aliphatic heterocycles. The van der Waals surface area contributed by atoms with Gasteiger partial charge in [0, 0.05) is 65.1 Å². The largest absolute Gasteiger partial charge is 0.310 e. The van der Waals surface area contributed by atoms with Crippen molar-refractivity contribution >= 4 is 65.6 Å². The molecular weight excluding hydrogens is 1040 g/mol. The van der Waals surface area contributed by atoms with E-state index in [-0.39, 0.29) is 10.8 Å². The maximum absolute atomic E-state index is 2.51. The van der Waals surface area contributed by atoms with Crippen molar-refractivity contribution in [3.8, 4) is 55.6 Å². The predicted octanol–water partition coefficient (Wildman–Crippen LogP) is 22.5. The van der Waals surface area contributed by atoms with E-state index in [2.05, 4.69) is 307 Å². The Morgan fingerprint density at radius 1 is 0.271 bits per heavy atom. The van der Waals surface area contributed by atoms with Gasteiger partial charge in [-0.05, 0) is 205 Å². The standard InChI is InChI=1S/C82H62N2S/c1-49-24-35-63-65-38-31-55(45-75(65)80(4,5)73(63)42-49)84(56-32-39-66-64-36-25-50(2)43-74(64)81(6,7)76(66)46-56)54-30-37-59(51(3)44-54)52-26-28-53(29-27-52)83(58-34-41-69-68-19-11-15-23-78(68)85-79(69)48-58)57-33-40-67-62-18-10-14-22-72(62)82(77(67)47-57)70-20-12-8-16-60(70)61-17-9-13-21-71(61)82/h8-48H,1-7H3. The average Bonchev–Trinajstić information content (AvgIpc) is 1.58. The van der Waals surface area contributed by atoms with E-state index in [9.17, 15) is 0 Å². The smallest absolute Gasteiger partial charge is 0.0726 e. The molecule has 0 N–H and O–H groups in total. The molecule has 1 aromatic heterocycles. The van der Waals surface area contributed by atoms with Crippen molar-refractivity contribution in [2.24, 2.45) is 0 Å². The first-order valence-corrected chi connectivity index (χ1v) is 30.9. The van der Waals surface area contributed by atoms with Gasteiger partial charge in [-0.2, -0.15) is 0 Å². The molecule has 2 nitrogen and oxygen atoms in total. The Labute approximate surface area is 502 Å². The fraction of sp³-hybridized carbons (Fsp3) is 0.122. The minimum Gasteiger partial charge on any atom is -0.310 e. The van der Waals surface area contributed by atoms with Gasteiger partial charge in [0.15, 0.2) is 0 Å². The van der Waals surface area contributed by atoms with Gasteiger partial charge in [-0.15, -0.1) is 11.3 Å². The lowest BCUT2D eigenvalue weighted by Crippen LogP contribution is -2.26. The first-order chi connectivity index (χ1) is 41.4. The van der Waals surface area contributed by atoms with E-state index < -0.39 is 5.41 Å². The van der Waals surface area contributed by atoms with Crippen LogP contribution in [0.5, 0.6) is 0 Å². The van der Waals surface area contributed by atoms with Crippen molar-refractivity contribution in [1.29, 1.82) is 0 Å². The molecular formula is C82H62N2S. The van der Waals surface area contributed by atoms with Crippen LogP contribution < -0.4 is 9.80 Å². The first-order valence-electron chi connectivity index (χ1n) is 30.0. The Kier molecular flexibility index (Phi) is 10.6. The summed E-state index contributed by atoms with van der Waals surface area (Å²) in [6.45, 7) is 16.3. The zero-order chi connectivity index (χ0) is 57.3. The number of nitrogens with zero attached hydrogens (tertiary/aromatic N) is 2. The fourth-order valence-electron chi connectivity index (χ4n) is 15.8. The van der Waals surface area contributed by atoms with Crippen LogP contribution in [-0.2, 0) is 16.2 Å². The molecule has 406 valence electrons.